The Balaban J connectivity index is 0.000000385. The highest BCUT2D eigenvalue weighted by atomic mass is 79.9. The summed E-state index contributed by atoms with van der Waals surface area (Å²) in [6.07, 6.45) is 0. The number of hydrogen-bond donors (Lipinski definition) is 0. The molecule has 0 unspecified atom stereocenters. The molecule has 2 rings (SSSR count). The first-order valence-electron chi connectivity index (χ1n) is 6.30. The number of urea groups is 1. The van der Waals surface area contributed by atoms with E-state index in [-0.39, 0.29) is 28.9 Å². The Hall–Kier alpha value is -0.440. The molecular formula is C14H20Br3N3O2. The molecule has 1 aromatic carbocycles. The maximum Gasteiger partial charge on any atom is 0.328 e. The Morgan fingerprint density at radius 1 is 1.00 bits per heavy atom. The number of quaternary nitrogens is 1. The third kappa shape index (κ3) is 4.78. The topological polar surface area (TPSA) is 40.6 Å². The van der Waals surface area contributed by atoms with Gasteiger partial charge in [0.2, 0.25) is 3.36 Å². The molecule has 0 spiro atoms. The number of likely N-dealkylation sites (N-methyl/N-ethyl adjacent to an activating group) is 2. The Bertz CT molecular complexity index is 530. The largest absolute Gasteiger partial charge is 1.00 e. The van der Waals surface area contributed by atoms with Gasteiger partial charge in [-0.05, 0) is 44.0 Å². The van der Waals surface area contributed by atoms with Crippen LogP contribution in [0.2, 0.25) is 0 Å². The van der Waals surface area contributed by atoms with Gasteiger partial charge in [-0.15, -0.1) is 0 Å². The lowest BCUT2D eigenvalue weighted by atomic mass is 10.3. The van der Waals surface area contributed by atoms with E-state index in [0.717, 1.165) is 9.38 Å². The molecule has 124 valence electrons. The van der Waals surface area contributed by atoms with Crippen LogP contribution in [0.25, 0.3) is 0 Å². The van der Waals surface area contributed by atoms with Crippen molar-refractivity contribution >= 4 is 49.5 Å². The van der Waals surface area contributed by atoms with E-state index in [1.54, 1.807) is 0 Å². The fourth-order valence-electron chi connectivity index (χ4n) is 1.65. The van der Waals surface area contributed by atoms with E-state index in [2.05, 4.69) is 77.3 Å². The van der Waals surface area contributed by atoms with E-state index in [9.17, 15) is 9.59 Å². The van der Waals surface area contributed by atoms with E-state index in [4.69, 9.17) is 0 Å². The van der Waals surface area contributed by atoms with Crippen molar-refractivity contribution in [2.45, 2.75) is 3.36 Å². The smallest absolute Gasteiger partial charge is 0.328 e. The van der Waals surface area contributed by atoms with Crippen LogP contribution in [0.15, 0.2) is 30.3 Å². The van der Waals surface area contributed by atoms with Crippen molar-refractivity contribution in [1.82, 2.24) is 14.3 Å². The molecule has 0 aliphatic carbocycles. The number of para-hydroxylation sites is 1. The highest BCUT2D eigenvalue weighted by molar-refractivity contribution is 9.25. The first kappa shape index (κ1) is 21.6. The van der Waals surface area contributed by atoms with Gasteiger partial charge in [-0.1, -0.05) is 18.2 Å². The van der Waals surface area contributed by atoms with Gasteiger partial charge in [0.15, 0.2) is 0 Å². The molecule has 1 heterocycles. The Kier molecular flexibility index (Phi) is 7.74. The summed E-state index contributed by atoms with van der Waals surface area (Å²) >= 11 is 6.17. The van der Waals surface area contributed by atoms with Crippen LogP contribution in [0.3, 0.4) is 0 Å². The van der Waals surface area contributed by atoms with Gasteiger partial charge in [0.05, 0.1) is 21.1 Å². The molecule has 3 amide bonds. The van der Waals surface area contributed by atoms with Crippen molar-refractivity contribution in [3.63, 3.8) is 0 Å². The first-order chi connectivity index (χ1) is 9.49. The van der Waals surface area contributed by atoms with E-state index < -0.39 is 3.36 Å². The van der Waals surface area contributed by atoms with Crippen molar-refractivity contribution in [1.29, 1.82) is 0 Å². The fourth-order valence-corrected chi connectivity index (χ4v) is 2.49. The highest BCUT2D eigenvalue weighted by Crippen LogP contribution is 2.36. The second-order valence-corrected chi connectivity index (χ2v) is 8.95. The van der Waals surface area contributed by atoms with Crippen LogP contribution in [0, 0.1) is 0 Å². The third-order valence-corrected chi connectivity index (χ3v) is 4.83. The average molecular weight is 502 g/mol. The SMILES string of the molecule is CN1C(=O)N(C)C(Br)(Br)C1=O.C[N+](C)(C)c1ccccc1.[Br-]. The Morgan fingerprint density at radius 3 is 1.64 bits per heavy atom. The van der Waals surface area contributed by atoms with Gasteiger partial charge in [-0.3, -0.25) is 19.1 Å². The maximum absolute atomic E-state index is 11.2. The lowest BCUT2D eigenvalue weighted by Crippen LogP contribution is -3.00. The molecule has 0 saturated carbocycles. The number of halogens is 3. The van der Waals surface area contributed by atoms with Gasteiger partial charge >= 0.3 is 6.03 Å². The monoisotopic (exact) mass is 499 g/mol. The minimum Gasteiger partial charge on any atom is -1.00 e. The summed E-state index contributed by atoms with van der Waals surface area (Å²) in [4.78, 5) is 24.6. The quantitative estimate of drug-likeness (QED) is 0.232. The summed E-state index contributed by atoms with van der Waals surface area (Å²) < 4.78 is -0.160. The van der Waals surface area contributed by atoms with Crippen LogP contribution in [-0.2, 0) is 4.79 Å². The molecule has 0 aromatic heterocycles. The number of imide groups is 1. The predicted octanol–water partition coefficient (Wildman–Crippen LogP) is -0.159. The second kappa shape index (κ2) is 7.90. The molecular weight excluding hydrogens is 482 g/mol. The summed E-state index contributed by atoms with van der Waals surface area (Å²) in [5, 5.41) is 0. The number of nitrogens with zero attached hydrogens (tertiary/aromatic N) is 3. The van der Waals surface area contributed by atoms with Crippen molar-refractivity contribution < 1.29 is 26.6 Å². The standard InChI is InChI=1S/C9H14N.C5H6Br2N2O2.BrH/c1-10(2,3)9-7-5-4-6-8-9;1-8-3(10)5(6,7)9(2)4(8)11;/h4-8H,1-3H3;1-2H3;1H/q+1;;/p-1. The van der Waals surface area contributed by atoms with Gasteiger partial charge in [0, 0.05) is 14.1 Å². The third-order valence-electron chi connectivity index (χ3n) is 3.09. The zero-order valence-electron chi connectivity index (χ0n) is 13.2. The van der Waals surface area contributed by atoms with Crippen molar-refractivity contribution in [3.05, 3.63) is 30.3 Å². The van der Waals surface area contributed by atoms with E-state index in [1.165, 1.54) is 24.7 Å². The number of rotatable bonds is 1. The number of amides is 3. The van der Waals surface area contributed by atoms with Crippen molar-refractivity contribution in [3.8, 4) is 0 Å². The molecule has 0 bridgehead atoms. The number of benzene rings is 1. The second-order valence-electron chi connectivity index (χ2n) is 5.60. The van der Waals surface area contributed by atoms with Crippen LogP contribution in [0.4, 0.5) is 10.5 Å². The highest BCUT2D eigenvalue weighted by Gasteiger charge is 2.51. The zero-order valence-corrected chi connectivity index (χ0v) is 17.9. The van der Waals surface area contributed by atoms with E-state index in [0.29, 0.717) is 0 Å². The van der Waals surface area contributed by atoms with Gasteiger partial charge in [-0.25, -0.2) is 4.79 Å². The molecule has 1 fully saturated rings. The van der Waals surface area contributed by atoms with Crippen LogP contribution in [-0.4, -0.2) is 60.3 Å². The van der Waals surface area contributed by atoms with Crippen molar-refractivity contribution in [2.24, 2.45) is 0 Å². The molecule has 0 radical (unpaired) electrons. The Labute approximate surface area is 158 Å². The maximum atomic E-state index is 11.2. The van der Waals surface area contributed by atoms with Gasteiger partial charge in [0.25, 0.3) is 5.91 Å². The molecule has 1 saturated heterocycles. The Morgan fingerprint density at radius 2 is 1.45 bits per heavy atom. The van der Waals surface area contributed by atoms with Crippen LogP contribution in [0.5, 0.6) is 0 Å². The number of carbonyl (C=O) groups is 2. The summed E-state index contributed by atoms with van der Waals surface area (Å²) in [6, 6.07) is 10.1. The van der Waals surface area contributed by atoms with E-state index in [1.807, 2.05) is 6.07 Å². The minimum atomic E-state index is -1.05. The molecule has 0 atom stereocenters. The van der Waals surface area contributed by atoms with Crippen molar-refractivity contribution in [2.75, 3.05) is 35.2 Å². The molecule has 1 aromatic rings. The fraction of sp³-hybridized carbons (Fsp3) is 0.429. The molecule has 1 aliphatic rings. The lowest BCUT2D eigenvalue weighted by Gasteiger charge is -2.22. The number of hydrogen-bond acceptors (Lipinski definition) is 2. The molecule has 1 aliphatic heterocycles. The lowest BCUT2D eigenvalue weighted by molar-refractivity contribution is -0.125. The normalized spacial score (nSPS) is 16.9. The van der Waals surface area contributed by atoms with Gasteiger partial charge < -0.3 is 17.0 Å². The van der Waals surface area contributed by atoms with Crippen LogP contribution in [0.1, 0.15) is 0 Å². The minimum absolute atomic E-state index is 0. The summed E-state index contributed by atoms with van der Waals surface area (Å²) in [6.45, 7) is 0. The molecule has 22 heavy (non-hydrogen) atoms. The average Bonchev–Trinajstić information content (AvgIpc) is 2.55. The first-order valence-corrected chi connectivity index (χ1v) is 7.89. The zero-order chi connectivity index (χ0) is 16.4. The van der Waals surface area contributed by atoms with Crippen LogP contribution >= 0.6 is 31.9 Å². The van der Waals surface area contributed by atoms with Gasteiger partial charge in [-0.2, -0.15) is 0 Å². The summed E-state index contributed by atoms with van der Waals surface area (Å²) in [5.41, 5.74) is 1.34. The van der Waals surface area contributed by atoms with Crippen LogP contribution < -0.4 is 21.5 Å². The predicted molar refractivity (Wildman–Crippen MR) is 92.5 cm³/mol. The summed E-state index contributed by atoms with van der Waals surface area (Å²) in [7, 11) is 9.46. The number of alkyl halides is 2. The number of carbonyl (C=O) groups excluding carboxylic acids is 2. The molecule has 0 N–H and O–H groups in total. The van der Waals surface area contributed by atoms with Gasteiger partial charge in [0.1, 0.15) is 5.69 Å². The summed E-state index contributed by atoms with van der Waals surface area (Å²) in [5.74, 6) is -0.315. The molecule has 5 nitrogen and oxygen atoms in total. The van der Waals surface area contributed by atoms with E-state index >= 15 is 0 Å². The molecule has 8 heteroatoms.